The highest BCUT2D eigenvalue weighted by Gasteiger charge is 2.20. The maximum atomic E-state index is 5.78. The van der Waals surface area contributed by atoms with Crippen molar-refractivity contribution in [3.05, 3.63) is 18.2 Å². The number of nitrogens with two attached hydrogens (primary N) is 1. The van der Waals surface area contributed by atoms with E-state index >= 15 is 0 Å². The summed E-state index contributed by atoms with van der Waals surface area (Å²) in [5.41, 5.74) is 8.51. The second-order valence-electron chi connectivity index (χ2n) is 5.22. The molecule has 0 atom stereocenters. The van der Waals surface area contributed by atoms with E-state index in [4.69, 9.17) is 5.73 Å². The molecule has 0 unspecified atom stereocenters. The van der Waals surface area contributed by atoms with Crippen LogP contribution in [0.1, 0.15) is 25.7 Å². The zero-order valence-electron chi connectivity index (χ0n) is 11.1. The fourth-order valence-corrected chi connectivity index (χ4v) is 3.48. The van der Waals surface area contributed by atoms with Gasteiger partial charge in [-0.3, -0.25) is 0 Å². The second kappa shape index (κ2) is 5.33. The normalized spacial score (nSPS) is 23.6. The van der Waals surface area contributed by atoms with Gasteiger partial charge in [0.1, 0.15) is 0 Å². The lowest BCUT2D eigenvalue weighted by molar-refractivity contribution is 0.471. The number of rotatable bonds is 3. The second-order valence-corrected chi connectivity index (χ2v) is 6.35. The number of hydrogen-bond acceptors (Lipinski definition) is 4. The van der Waals surface area contributed by atoms with E-state index < -0.39 is 0 Å². The van der Waals surface area contributed by atoms with Crippen molar-refractivity contribution in [2.75, 3.05) is 17.3 Å². The maximum absolute atomic E-state index is 5.78. The molecule has 1 aliphatic carbocycles. The number of thioether (sulfide) groups is 1. The highest BCUT2D eigenvalue weighted by Crippen LogP contribution is 2.28. The van der Waals surface area contributed by atoms with Crippen molar-refractivity contribution < 1.29 is 0 Å². The van der Waals surface area contributed by atoms with Crippen molar-refractivity contribution in [3.8, 4) is 0 Å². The minimum Gasteiger partial charge on any atom is -0.399 e. The predicted molar refractivity (Wildman–Crippen MR) is 83.7 cm³/mol. The lowest BCUT2D eigenvalue weighted by atomic mass is 9.95. The summed E-state index contributed by atoms with van der Waals surface area (Å²) in [6.45, 7) is 0. The van der Waals surface area contributed by atoms with E-state index in [0.29, 0.717) is 6.04 Å². The highest BCUT2D eigenvalue weighted by atomic mass is 32.2. The first kappa shape index (κ1) is 12.7. The molecule has 5 heteroatoms. The highest BCUT2D eigenvalue weighted by molar-refractivity contribution is 7.99. The van der Waals surface area contributed by atoms with Crippen LogP contribution in [0.2, 0.25) is 0 Å². The van der Waals surface area contributed by atoms with E-state index in [2.05, 4.69) is 21.5 Å². The molecule has 0 saturated heterocycles. The molecule has 102 valence electrons. The van der Waals surface area contributed by atoms with Gasteiger partial charge in [0.15, 0.2) is 0 Å². The Hall–Kier alpha value is -1.36. The number of nitrogens with one attached hydrogen (secondary N) is 2. The summed E-state index contributed by atoms with van der Waals surface area (Å²) < 4.78 is 0. The molecule has 0 spiro atoms. The number of nitrogen functional groups attached to an aromatic ring is 1. The average Bonchev–Trinajstić information content (AvgIpc) is 2.81. The van der Waals surface area contributed by atoms with Crippen LogP contribution in [0.5, 0.6) is 0 Å². The Balaban J connectivity index is 1.68. The van der Waals surface area contributed by atoms with Gasteiger partial charge < -0.3 is 16.0 Å². The van der Waals surface area contributed by atoms with Crippen LogP contribution in [0, 0.1) is 0 Å². The number of hydrogen-bond donors (Lipinski definition) is 3. The van der Waals surface area contributed by atoms with E-state index in [-0.39, 0.29) is 0 Å². The van der Waals surface area contributed by atoms with Crippen LogP contribution < -0.4 is 11.1 Å². The van der Waals surface area contributed by atoms with Crippen molar-refractivity contribution in [2.45, 2.75) is 37.0 Å². The first-order valence-electron chi connectivity index (χ1n) is 6.79. The number of nitrogens with zero attached hydrogens (tertiary/aromatic N) is 1. The van der Waals surface area contributed by atoms with Crippen molar-refractivity contribution in [1.29, 1.82) is 0 Å². The molecule has 1 fully saturated rings. The molecule has 0 aliphatic heterocycles. The van der Waals surface area contributed by atoms with Gasteiger partial charge in [0.05, 0.1) is 11.0 Å². The molecule has 4 N–H and O–H groups in total. The van der Waals surface area contributed by atoms with Gasteiger partial charge in [0.2, 0.25) is 5.95 Å². The summed E-state index contributed by atoms with van der Waals surface area (Å²) in [5.74, 6) is 0.869. The third kappa shape index (κ3) is 2.81. The Morgan fingerprint density at radius 3 is 2.84 bits per heavy atom. The van der Waals surface area contributed by atoms with E-state index in [1.165, 1.54) is 25.7 Å². The first-order valence-corrected chi connectivity index (χ1v) is 8.08. The fraction of sp³-hybridized carbons (Fsp3) is 0.500. The van der Waals surface area contributed by atoms with Crippen LogP contribution in [0.25, 0.3) is 11.0 Å². The molecule has 1 aromatic heterocycles. The Labute approximate surface area is 117 Å². The van der Waals surface area contributed by atoms with E-state index in [1.54, 1.807) is 0 Å². The van der Waals surface area contributed by atoms with Gasteiger partial charge in [-0.15, -0.1) is 0 Å². The predicted octanol–water partition coefficient (Wildman–Crippen LogP) is 3.23. The van der Waals surface area contributed by atoms with Crippen LogP contribution in [0.15, 0.2) is 18.2 Å². The van der Waals surface area contributed by atoms with Gasteiger partial charge in [-0.2, -0.15) is 11.8 Å². The lowest BCUT2D eigenvalue weighted by Crippen LogP contribution is -2.27. The number of benzene rings is 1. The third-order valence-corrected chi connectivity index (χ3v) is 4.99. The molecule has 1 aromatic carbocycles. The summed E-state index contributed by atoms with van der Waals surface area (Å²) in [6, 6.07) is 6.31. The van der Waals surface area contributed by atoms with Crippen LogP contribution in [-0.2, 0) is 0 Å². The van der Waals surface area contributed by atoms with E-state index in [0.717, 1.165) is 27.9 Å². The van der Waals surface area contributed by atoms with Crippen LogP contribution >= 0.6 is 11.8 Å². The molecular weight excluding hydrogens is 256 g/mol. The topological polar surface area (TPSA) is 66.7 Å². The molecule has 0 bridgehead atoms. The van der Waals surface area contributed by atoms with Gasteiger partial charge in [-0.05, 0) is 50.1 Å². The molecule has 0 amide bonds. The van der Waals surface area contributed by atoms with Crippen molar-refractivity contribution in [3.63, 3.8) is 0 Å². The molecule has 4 nitrogen and oxygen atoms in total. The standard InChI is InChI=1S/C14H20N4S/c1-19-11-5-3-10(4-6-11)16-14-17-12-7-2-9(15)8-13(12)18-14/h2,7-8,10-11H,3-6,15H2,1H3,(H2,16,17,18). The summed E-state index contributed by atoms with van der Waals surface area (Å²) in [5, 5.41) is 4.36. The summed E-state index contributed by atoms with van der Waals surface area (Å²) in [7, 11) is 0. The number of anilines is 2. The van der Waals surface area contributed by atoms with E-state index in [1.807, 2.05) is 30.0 Å². The zero-order chi connectivity index (χ0) is 13.2. The molecule has 19 heavy (non-hydrogen) atoms. The Bertz CT molecular complexity index is 558. The van der Waals surface area contributed by atoms with Gasteiger partial charge in [-0.25, -0.2) is 4.98 Å². The Morgan fingerprint density at radius 1 is 1.32 bits per heavy atom. The number of H-pyrrole nitrogens is 1. The lowest BCUT2D eigenvalue weighted by Gasteiger charge is -2.27. The molecule has 0 radical (unpaired) electrons. The maximum Gasteiger partial charge on any atom is 0.201 e. The summed E-state index contributed by atoms with van der Waals surface area (Å²) in [4.78, 5) is 7.86. The third-order valence-electron chi connectivity index (χ3n) is 3.85. The van der Waals surface area contributed by atoms with Crippen molar-refractivity contribution in [2.24, 2.45) is 0 Å². The van der Waals surface area contributed by atoms with Crippen LogP contribution in [0.4, 0.5) is 11.6 Å². The number of aromatic nitrogens is 2. The zero-order valence-corrected chi connectivity index (χ0v) is 12.0. The van der Waals surface area contributed by atoms with Crippen LogP contribution in [0.3, 0.4) is 0 Å². The Morgan fingerprint density at radius 2 is 2.11 bits per heavy atom. The fourth-order valence-electron chi connectivity index (χ4n) is 2.73. The first-order chi connectivity index (χ1) is 9.24. The average molecular weight is 276 g/mol. The van der Waals surface area contributed by atoms with Crippen molar-refractivity contribution >= 4 is 34.4 Å². The summed E-state index contributed by atoms with van der Waals surface area (Å²) in [6.07, 6.45) is 7.26. The SMILES string of the molecule is CSC1CCC(Nc2nc3ccc(N)cc3[nH]2)CC1. The molecule has 1 aliphatic rings. The minimum absolute atomic E-state index is 0.543. The quantitative estimate of drug-likeness (QED) is 0.753. The largest absolute Gasteiger partial charge is 0.399 e. The minimum atomic E-state index is 0.543. The van der Waals surface area contributed by atoms with Crippen LogP contribution in [-0.4, -0.2) is 27.5 Å². The van der Waals surface area contributed by atoms with Crippen molar-refractivity contribution in [1.82, 2.24) is 9.97 Å². The van der Waals surface area contributed by atoms with Gasteiger partial charge >= 0.3 is 0 Å². The number of imidazole rings is 1. The molecule has 1 saturated carbocycles. The monoisotopic (exact) mass is 276 g/mol. The van der Waals surface area contributed by atoms with Gasteiger partial charge in [0, 0.05) is 17.0 Å². The molecule has 2 aromatic rings. The smallest absolute Gasteiger partial charge is 0.201 e. The summed E-state index contributed by atoms with van der Waals surface area (Å²) >= 11 is 1.99. The number of aromatic amines is 1. The molecule has 3 rings (SSSR count). The van der Waals surface area contributed by atoms with Gasteiger partial charge in [-0.1, -0.05) is 0 Å². The van der Waals surface area contributed by atoms with E-state index in [9.17, 15) is 0 Å². The molecule has 1 heterocycles. The molecular formula is C14H20N4S. The Kier molecular flexibility index (Phi) is 3.55. The number of fused-ring (bicyclic) bond motifs is 1. The van der Waals surface area contributed by atoms with Gasteiger partial charge in [0.25, 0.3) is 0 Å².